The molecule has 0 spiro atoms. The number of rotatable bonds is 5. The van der Waals surface area contributed by atoms with Crippen LogP contribution in [0.25, 0.3) is 21.1 Å². The number of benzene rings is 1. The SMILES string of the molecule is Cc1nc(-c2ncc(-c3ccc(N4CCS(=O)(=O)CC4)cc3)s2)cs1.N#CC1(NC(=O)C2CCCCC2)CC1.[HH]. The van der Waals surface area contributed by atoms with Crippen LogP contribution in [0.1, 0.15) is 51.4 Å². The van der Waals surface area contributed by atoms with Gasteiger partial charge in [0.25, 0.3) is 0 Å². The molecule has 8 nitrogen and oxygen atoms in total. The second-order valence-corrected chi connectivity index (χ2v) is 14.9. The Morgan fingerprint density at radius 2 is 1.85 bits per heavy atom. The van der Waals surface area contributed by atoms with Crippen LogP contribution in [0.5, 0.6) is 0 Å². The zero-order chi connectivity index (χ0) is 27.5. The van der Waals surface area contributed by atoms with Crippen LogP contribution in [0.4, 0.5) is 5.69 Å². The fourth-order valence-electron chi connectivity index (χ4n) is 4.89. The summed E-state index contributed by atoms with van der Waals surface area (Å²) in [5.74, 6) is 0.762. The van der Waals surface area contributed by atoms with E-state index in [0.29, 0.717) is 13.1 Å². The van der Waals surface area contributed by atoms with Crippen LogP contribution in [0, 0.1) is 24.2 Å². The molecular weight excluding hydrogens is 551 g/mol. The number of hydrogen-bond donors (Lipinski definition) is 1. The number of nitriles is 1. The highest BCUT2D eigenvalue weighted by Crippen LogP contribution is 2.36. The van der Waals surface area contributed by atoms with Gasteiger partial charge < -0.3 is 10.2 Å². The maximum absolute atomic E-state index is 11.8. The van der Waals surface area contributed by atoms with E-state index in [-0.39, 0.29) is 24.8 Å². The van der Waals surface area contributed by atoms with E-state index < -0.39 is 15.4 Å². The largest absolute Gasteiger partial charge is 0.369 e. The van der Waals surface area contributed by atoms with Gasteiger partial charge in [-0.2, -0.15) is 5.26 Å². The summed E-state index contributed by atoms with van der Waals surface area (Å²) in [6.07, 6.45) is 9.16. The van der Waals surface area contributed by atoms with E-state index in [9.17, 15) is 13.2 Å². The fourth-order valence-corrected chi connectivity index (χ4v) is 7.64. The minimum absolute atomic E-state index is 0. The number of carbonyl (C=O) groups excluding carboxylic acids is 1. The van der Waals surface area contributed by atoms with E-state index in [4.69, 9.17) is 5.26 Å². The van der Waals surface area contributed by atoms with E-state index in [1.54, 1.807) is 22.7 Å². The van der Waals surface area contributed by atoms with E-state index >= 15 is 0 Å². The average Bonchev–Trinajstić information content (AvgIpc) is 3.31. The molecule has 3 aliphatic rings. The van der Waals surface area contributed by atoms with Crippen molar-refractivity contribution in [2.75, 3.05) is 29.5 Å². The van der Waals surface area contributed by atoms with Gasteiger partial charge in [-0.3, -0.25) is 4.79 Å². The topological polar surface area (TPSA) is 116 Å². The molecule has 208 valence electrons. The number of hydrogen-bond acceptors (Lipinski definition) is 9. The highest BCUT2D eigenvalue weighted by atomic mass is 32.2. The molecule has 0 radical (unpaired) electrons. The number of aromatic nitrogens is 2. The van der Waals surface area contributed by atoms with Gasteiger partial charge in [0.2, 0.25) is 5.91 Å². The highest BCUT2D eigenvalue weighted by molar-refractivity contribution is 7.91. The van der Waals surface area contributed by atoms with Gasteiger partial charge in [-0.25, -0.2) is 18.4 Å². The minimum atomic E-state index is -2.85. The lowest BCUT2D eigenvalue weighted by atomic mass is 9.88. The molecule has 1 aromatic carbocycles. The number of sulfone groups is 1. The Morgan fingerprint density at radius 3 is 2.44 bits per heavy atom. The smallest absolute Gasteiger partial charge is 0.224 e. The number of amides is 1. The van der Waals surface area contributed by atoms with Crippen molar-refractivity contribution in [1.82, 2.24) is 15.3 Å². The minimum Gasteiger partial charge on any atom is -0.369 e. The number of thiazole rings is 2. The van der Waals surface area contributed by atoms with Gasteiger partial charge in [0.1, 0.15) is 16.2 Å². The zero-order valence-corrected chi connectivity index (χ0v) is 24.5. The first-order valence-corrected chi connectivity index (χ1v) is 17.0. The first-order chi connectivity index (χ1) is 18.8. The third-order valence-corrected chi connectivity index (χ3v) is 11.0. The zero-order valence-electron chi connectivity index (χ0n) is 22.1. The monoisotopic (exact) mass is 585 g/mol. The van der Waals surface area contributed by atoms with Crippen molar-refractivity contribution in [2.45, 2.75) is 57.4 Å². The molecule has 0 bridgehead atoms. The molecule has 1 amide bonds. The maximum Gasteiger partial charge on any atom is 0.224 e. The third kappa shape index (κ3) is 7.04. The molecule has 39 heavy (non-hydrogen) atoms. The third-order valence-electron chi connectivity index (χ3n) is 7.51. The lowest BCUT2D eigenvalue weighted by Crippen LogP contribution is -2.40. The van der Waals surface area contributed by atoms with Crippen molar-refractivity contribution in [3.63, 3.8) is 0 Å². The molecule has 1 aliphatic heterocycles. The molecule has 2 aliphatic carbocycles. The van der Waals surface area contributed by atoms with Crippen LogP contribution in [0.2, 0.25) is 0 Å². The Labute approximate surface area is 239 Å². The molecule has 2 aromatic heterocycles. The number of aryl methyl sites for hydroxylation is 1. The Hall–Kier alpha value is -2.81. The standard InChI is InChI=1S/C17H17N3O2S3.C11H16N2O.H2/c1-12-19-15(11-23-12)17-18-10-16(24-17)13-2-4-14(5-3-13)20-6-8-25(21,22)9-7-20;12-8-11(6-7-11)13-10(14)9-4-2-1-3-5-9;/h2-5,10-11H,6-9H2,1H3;9H,1-7H2,(H,13,14);1H. The summed E-state index contributed by atoms with van der Waals surface area (Å²) in [6, 6.07) is 10.4. The Morgan fingerprint density at radius 1 is 1.15 bits per heavy atom. The summed E-state index contributed by atoms with van der Waals surface area (Å²) in [5.41, 5.74) is 2.64. The Balaban J connectivity index is 0.000000210. The first-order valence-electron chi connectivity index (χ1n) is 13.4. The Kier molecular flexibility index (Phi) is 8.35. The molecule has 3 heterocycles. The quantitative estimate of drug-likeness (QED) is 0.423. The van der Waals surface area contributed by atoms with Crippen LogP contribution < -0.4 is 10.2 Å². The molecule has 3 aromatic rings. The van der Waals surface area contributed by atoms with Gasteiger partial charge in [-0.15, -0.1) is 22.7 Å². The second-order valence-electron chi connectivity index (χ2n) is 10.5. The summed E-state index contributed by atoms with van der Waals surface area (Å²) in [7, 11) is -2.85. The van der Waals surface area contributed by atoms with Gasteiger partial charge in [0.15, 0.2) is 9.84 Å². The summed E-state index contributed by atoms with van der Waals surface area (Å²) < 4.78 is 23.1. The van der Waals surface area contributed by atoms with E-state index in [0.717, 1.165) is 70.4 Å². The molecule has 2 saturated carbocycles. The van der Waals surface area contributed by atoms with Crippen molar-refractivity contribution < 1.29 is 14.6 Å². The highest BCUT2D eigenvalue weighted by Gasteiger charge is 2.45. The van der Waals surface area contributed by atoms with Crippen LogP contribution >= 0.6 is 22.7 Å². The predicted molar refractivity (Wildman–Crippen MR) is 159 cm³/mol. The summed E-state index contributed by atoms with van der Waals surface area (Å²) in [5, 5.41) is 15.7. The number of anilines is 1. The molecular formula is C28H35N5O3S3. The van der Waals surface area contributed by atoms with Gasteiger partial charge in [-0.05, 0) is 50.3 Å². The molecule has 6 rings (SSSR count). The van der Waals surface area contributed by atoms with Crippen molar-refractivity contribution in [1.29, 1.82) is 5.26 Å². The van der Waals surface area contributed by atoms with Crippen molar-refractivity contribution in [3.05, 3.63) is 40.8 Å². The van der Waals surface area contributed by atoms with Gasteiger partial charge in [0, 0.05) is 37.7 Å². The second kappa shape index (κ2) is 11.7. The van der Waals surface area contributed by atoms with Gasteiger partial charge in [0.05, 0.1) is 27.5 Å². The number of nitrogens with zero attached hydrogens (tertiary/aromatic N) is 4. The van der Waals surface area contributed by atoms with Crippen molar-refractivity contribution >= 4 is 44.1 Å². The van der Waals surface area contributed by atoms with Gasteiger partial charge >= 0.3 is 0 Å². The molecule has 3 fully saturated rings. The van der Waals surface area contributed by atoms with E-state index in [2.05, 4.69) is 50.5 Å². The number of carbonyl (C=O) groups is 1. The fraction of sp³-hybridized carbons (Fsp3) is 0.500. The lowest BCUT2D eigenvalue weighted by molar-refractivity contribution is -0.126. The van der Waals surface area contributed by atoms with E-state index in [1.807, 2.05) is 18.5 Å². The molecule has 11 heteroatoms. The lowest BCUT2D eigenvalue weighted by Gasteiger charge is -2.28. The predicted octanol–water partition coefficient (Wildman–Crippen LogP) is 5.46. The number of nitrogens with one attached hydrogen (secondary N) is 1. The summed E-state index contributed by atoms with van der Waals surface area (Å²) >= 11 is 3.26. The maximum atomic E-state index is 11.8. The van der Waals surface area contributed by atoms with E-state index in [1.165, 1.54) is 6.42 Å². The molecule has 0 unspecified atom stereocenters. The van der Waals surface area contributed by atoms with Crippen molar-refractivity contribution in [2.24, 2.45) is 5.92 Å². The molecule has 0 atom stereocenters. The van der Waals surface area contributed by atoms with Crippen molar-refractivity contribution in [3.8, 4) is 27.2 Å². The van der Waals surface area contributed by atoms with Crippen LogP contribution in [-0.2, 0) is 14.6 Å². The van der Waals surface area contributed by atoms with Crippen LogP contribution in [0.15, 0.2) is 35.8 Å². The van der Waals surface area contributed by atoms with Crippen LogP contribution in [-0.4, -0.2) is 54.4 Å². The van der Waals surface area contributed by atoms with Crippen LogP contribution in [0.3, 0.4) is 0 Å². The summed E-state index contributed by atoms with van der Waals surface area (Å²) in [6.45, 7) is 3.12. The summed E-state index contributed by atoms with van der Waals surface area (Å²) in [4.78, 5) is 24.0. The normalized spacial score (nSPS) is 19.8. The molecule has 1 saturated heterocycles. The van der Waals surface area contributed by atoms with Gasteiger partial charge in [-0.1, -0.05) is 31.4 Å². The average molecular weight is 586 g/mol. The molecule has 1 N–H and O–H groups in total. The first kappa shape index (κ1) is 27.7. The Bertz CT molecular complexity index is 1440.